The van der Waals surface area contributed by atoms with Crippen LogP contribution in [-0.2, 0) is 9.59 Å². The van der Waals surface area contributed by atoms with Gasteiger partial charge in [-0.15, -0.1) is 0 Å². The van der Waals surface area contributed by atoms with E-state index in [2.05, 4.69) is 15.3 Å². The Morgan fingerprint density at radius 1 is 0.920 bits per heavy atom. The zero-order valence-electron chi connectivity index (χ0n) is 13.0. The summed E-state index contributed by atoms with van der Waals surface area (Å²) >= 11 is 0. The lowest BCUT2D eigenvalue weighted by Crippen LogP contribution is -2.23. The van der Waals surface area contributed by atoms with Crippen molar-refractivity contribution < 1.29 is 9.59 Å². The highest BCUT2D eigenvalue weighted by atomic mass is 16.2. The third kappa shape index (κ3) is 1.88. The SMILES string of the molecule is O=C1NC(=O)C(n2cnc3ccccc32)=C1c1c[nH]c2ccccc12. The van der Waals surface area contributed by atoms with E-state index in [1.54, 1.807) is 17.1 Å². The van der Waals surface area contributed by atoms with Crippen LogP contribution in [0.2, 0.25) is 0 Å². The van der Waals surface area contributed by atoms with Crippen molar-refractivity contribution >= 4 is 45.0 Å². The van der Waals surface area contributed by atoms with Gasteiger partial charge in [0.15, 0.2) is 0 Å². The summed E-state index contributed by atoms with van der Waals surface area (Å²) in [6.07, 6.45) is 3.34. The first-order valence-corrected chi connectivity index (χ1v) is 7.83. The van der Waals surface area contributed by atoms with E-state index in [9.17, 15) is 9.59 Å². The van der Waals surface area contributed by atoms with E-state index in [0.29, 0.717) is 16.8 Å². The highest BCUT2D eigenvalue weighted by molar-refractivity contribution is 6.47. The summed E-state index contributed by atoms with van der Waals surface area (Å²) in [6.45, 7) is 0. The fourth-order valence-electron chi connectivity index (χ4n) is 3.34. The highest BCUT2D eigenvalue weighted by Gasteiger charge is 2.34. The number of hydrogen-bond donors (Lipinski definition) is 2. The van der Waals surface area contributed by atoms with Crippen LogP contribution in [0.1, 0.15) is 5.56 Å². The van der Waals surface area contributed by atoms with Crippen molar-refractivity contribution in [2.24, 2.45) is 0 Å². The van der Waals surface area contributed by atoms with E-state index in [-0.39, 0.29) is 0 Å². The summed E-state index contributed by atoms with van der Waals surface area (Å²) in [5.41, 5.74) is 3.80. The van der Waals surface area contributed by atoms with Crippen molar-refractivity contribution in [1.29, 1.82) is 0 Å². The van der Waals surface area contributed by atoms with Crippen molar-refractivity contribution in [3.8, 4) is 0 Å². The molecule has 1 aliphatic rings. The molecule has 0 spiro atoms. The van der Waals surface area contributed by atoms with Crippen LogP contribution < -0.4 is 5.32 Å². The number of para-hydroxylation sites is 3. The Morgan fingerprint density at radius 2 is 1.72 bits per heavy atom. The Morgan fingerprint density at radius 3 is 2.64 bits per heavy atom. The van der Waals surface area contributed by atoms with Crippen molar-refractivity contribution in [2.75, 3.05) is 0 Å². The van der Waals surface area contributed by atoms with E-state index >= 15 is 0 Å². The molecule has 0 saturated carbocycles. The Hall–Kier alpha value is -3.67. The third-order valence-electron chi connectivity index (χ3n) is 4.46. The minimum Gasteiger partial charge on any atom is -0.361 e. The first-order chi connectivity index (χ1) is 12.2. The molecule has 0 aliphatic carbocycles. The molecule has 0 saturated heterocycles. The number of H-pyrrole nitrogens is 1. The van der Waals surface area contributed by atoms with Crippen LogP contribution in [-0.4, -0.2) is 26.3 Å². The zero-order chi connectivity index (χ0) is 17.0. The van der Waals surface area contributed by atoms with E-state index in [0.717, 1.165) is 21.9 Å². The molecule has 6 heteroatoms. The zero-order valence-corrected chi connectivity index (χ0v) is 13.0. The van der Waals surface area contributed by atoms with Gasteiger partial charge in [-0.05, 0) is 18.2 Å². The van der Waals surface area contributed by atoms with Gasteiger partial charge in [0, 0.05) is 22.7 Å². The molecule has 2 aromatic carbocycles. The Balaban J connectivity index is 1.85. The summed E-state index contributed by atoms with van der Waals surface area (Å²) in [5, 5.41) is 3.30. The minimum atomic E-state index is -0.423. The van der Waals surface area contributed by atoms with Crippen LogP contribution >= 0.6 is 0 Å². The van der Waals surface area contributed by atoms with Gasteiger partial charge in [0.25, 0.3) is 11.8 Å². The first kappa shape index (κ1) is 13.7. The number of carbonyl (C=O) groups excluding carboxylic acids is 2. The summed E-state index contributed by atoms with van der Waals surface area (Å²) in [7, 11) is 0. The second kappa shape index (κ2) is 4.91. The molecule has 0 fully saturated rings. The molecule has 120 valence electrons. The third-order valence-corrected chi connectivity index (χ3v) is 4.46. The number of fused-ring (bicyclic) bond motifs is 2. The summed E-state index contributed by atoms with van der Waals surface area (Å²) < 4.78 is 1.67. The van der Waals surface area contributed by atoms with Gasteiger partial charge in [0.2, 0.25) is 0 Å². The van der Waals surface area contributed by atoms with E-state index < -0.39 is 11.8 Å². The normalized spacial score (nSPS) is 14.7. The summed E-state index contributed by atoms with van der Waals surface area (Å²) in [4.78, 5) is 32.5. The number of aromatic amines is 1. The average molecular weight is 328 g/mol. The number of carbonyl (C=O) groups is 2. The average Bonchev–Trinajstić information content (AvgIpc) is 3.30. The van der Waals surface area contributed by atoms with Crippen LogP contribution in [0.5, 0.6) is 0 Å². The lowest BCUT2D eigenvalue weighted by molar-refractivity contribution is -0.122. The maximum Gasteiger partial charge on any atom is 0.276 e. The fraction of sp³-hybridized carbons (Fsp3) is 0. The lowest BCUT2D eigenvalue weighted by atomic mass is 10.0. The van der Waals surface area contributed by atoms with E-state index in [1.165, 1.54) is 0 Å². The molecular formula is C19H12N4O2. The predicted molar refractivity (Wildman–Crippen MR) is 94.3 cm³/mol. The van der Waals surface area contributed by atoms with Gasteiger partial charge < -0.3 is 4.98 Å². The van der Waals surface area contributed by atoms with Gasteiger partial charge in [-0.25, -0.2) is 4.98 Å². The maximum atomic E-state index is 12.5. The number of imidazole rings is 1. The van der Waals surface area contributed by atoms with Crippen molar-refractivity contribution in [2.45, 2.75) is 0 Å². The van der Waals surface area contributed by atoms with Gasteiger partial charge in [0.05, 0.1) is 16.6 Å². The van der Waals surface area contributed by atoms with Crippen LogP contribution in [0.4, 0.5) is 0 Å². The van der Waals surface area contributed by atoms with Gasteiger partial charge in [0.1, 0.15) is 12.0 Å². The molecule has 6 nitrogen and oxygen atoms in total. The molecule has 1 aliphatic heterocycles. The van der Waals surface area contributed by atoms with Crippen LogP contribution in [0.25, 0.3) is 33.2 Å². The van der Waals surface area contributed by atoms with Crippen LogP contribution in [0, 0.1) is 0 Å². The number of rotatable bonds is 2. The van der Waals surface area contributed by atoms with Crippen molar-refractivity contribution in [3.05, 3.63) is 66.6 Å². The molecule has 0 radical (unpaired) electrons. The fourth-order valence-corrected chi connectivity index (χ4v) is 3.34. The first-order valence-electron chi connectivity index (χ1n) is 7.83. The number of aromatic nitrogens is 3. The van der Waals surface area contributed by atoms with Crippen molar-refractivity contribution in [3.63, 3.8) is 0 Å². The molecule has 3 heterocycles. The predicted octanol–water partition coefficient (Wildman–Crippen LogP) is 2.54. The van der Waals surface area contributed by atoms with Crippen LogP contribution in [0.3, 0.4) is 0 Å². The quantitative estimate of drug-likeness (QED) is 0.555. The lowest BCUT2D eigenvalue weighted by Gasteiger charge is -2.06. The highest BCUT2D eigenvalue weighted by Crippen LogP contribution is 2.33. The Labute approximate surface area is 141 Å². The number of hydrogen-bond acceptors (Lipinski definition) is 3. The number of benzene rings is 2. The molecule has 2 aromatic heterocycles. The Bertz CT molecular complexity index is 1120. The number of amides is 2. The number of nitrogens with zero attached hydrogens (tertiary/aromatic N) is 2. The van der Waals surface area contributed by atoms with E-state index in [4.69, 9.17) is 0 Å². The second-order valence-electron chi connectivity index (χ2n) is 5.86. The smallest absolute Gasteiger partial charge is 0.276 e. The maximum absolute atomic E-state index is 12.5. The van der Waals surface area contributed by atoms with Crippen molar-refractivity contribution in [1.82, 2.24) is 19.9 Å². The standard InChI is InChI=1S/C19H12N4O2/c24-18-16(12-9-20-13-6-2-1-5-11(12)13)17(19(25)22-18)23-10-21-14-7-3-4-8-15(14)23/h1-10,20H,(H,22,24,25). The number of imide groups is 1. The summed E-state index contributed by atoms with van der Waals surface area (Å²) in [6, 6.07) is 15.2. The monoisotopic (exact) mass is 328 g/mol. The van der Waals surface area contributed by atoms with E-state index in [1.807, 2.05) is 48.5 Å². The molecule has 0 atom stereocenters. The minimum absolute atomic E-state index is 0.295. The molecule has 4 aromatic rings. The topological polar surface area (TPSA) is 79.8 Å². The van der Waals surface area contributed by atoms with Crippen LogP contribution in [0.15, 0.2) is 61.1 Å². The second-order valence-corrected chi connectivity index (χ2v) is 5.86. The molecule has 25 heavy (non-hydrogen) atoms. The Kier molecular flexibility index (Phi) is 2.70. The molecule has 0 bridgehead atoms. The summed E-state index contributed by atoms with van der Waals surface area (Å²) in [5.74, 6) is -0.823. The molecule has 0 unspecified atom stereocenters. The molecular weight excluding hydrogens is 316 g/mol. The van der Waals surface area contributed by atoms with Gasteiger partial charge >= 0.3 is 0 Å². The largest absolute Gasteiger partial charge is 0.361 e. The van der Waals surface area contributed by atoms with Gasteiger partial charge in [-0.3, -0.25) is 19.5 Å². The molecule has 2 amide bonds. The van der Waals surface area contributed by atoms with Gasteiger partial charge in [-0.1, -0.05) is 30.3 Å². The number of nitrogens with one attached hydrogen (secondary N) is 2. The molecule has 2 N–H and O–H groups in total. The molecule has 5 rings (SSSR count). The van der Waals surface area contributed by atoms with Gasteiger partial charge in [-0.2, -0.15) is 0 Å².